The molecule has 0 aliphatic rings. The van der Waals surface area contributed by atoms with Gasteiger partial charge in [-0.3, -0.25) is 10.1 Å². The third-order valence-corrected chi connectivity index (χ3v) is 5.39. The third-order valence-electron chi connectivity index (χ3n) is 4.78. The first-order chi connectivity index (χ1) is 14.8. The number of thiocarbonyl (C=S) groups is 1. The van der Waals surface area contributed by atoms with Gasteiger partial charge < -0.3 is 9.73 Å². The summed E-state index contributed by atoms with van der Waals surface area (Å²) in [5, 5.41) is 6.38. The van der Waals surface area contributed by atoms with Crippen LogP contribution in [0.1, 0.15) is 27.0 Å². The Morgan fingerprint density at radius 2 is 1.74 bits per heavy atom. The van der Waals surface area contributed by atoms with E-state index in [1.54, 1.807) is 18.2 Å². The van der Waals surface area contributed by atoms with Crippen molar-refractivity contribution in [3.8, 4) is 11.5 Å². The fraction of sp³-hybridized carbons (Fsp3) is 0.125. The molecule has 1 aromatic heterocycles. The van der Waals surface area contributed by atoms with E-state index < -0.39 is 0 Å². The molecule has 0 saturated heterocycles. The maximum Gasteiger partial charge on any atom is 0.257 e. The van der Waals surface area contributed by atoms with E-state index in [0.29, 0.717) is 33.3 Å². The number of carbonyl (C=O) groups is 1. The van der Waals surface area contributed by atoms with Gasteiger partial charge in [-0.05, 0) is 81.0 Å². The zero-order valence-electron chi connectivity index (χ0n) is 17.2. The van der Waals surface area contributed by atoms with Gasteiger partial charge in [0.15, 0.2) is 10.7 Å². The van der Waals surface area contributed by atoms with Crippen molar-refractivity contribution in [1.29, 1.82) is 0 Å². The Morgan fingerprint density at radius 3 is 2.45 bits per heavy atom. The van der Waals surface area contributed by atoms with Gasteiger partial charge in [0.1, 0.15) is 5.52 Å². The normalized spacial score (nSPS) is 10.8. The molecule has 4 rings (SSSR count). The summed E-state index contributed by atoms with van der Waals surface area (Å²) in [5.74, 6) is 0.227. The molecule has 7 heteroatoms. The number of amides is 1. The summed E-state index contributed by atoms with van der Waals surface area (Å²) in [7, 11) is 0. The lowest BCUT2D eigenvalue weighted by molar-refractivity contribution is 0.0977. The van der Waals surface area contributed by atoms with Crippen LogP contribution >= 0.6 is 23.8 Å². The summed E-state index contributed by atoms with van der Waals surface area (Å²) in [6, 6.07) is 16.8. The molecule has 0 saturated carbocycles. The highest BCUT2D eigenvalue weighted by atomic mass is 35.5. The highest BCUT2D eigenvalue weighted by Crippen LogP contribution is 2.27. The molecule has 0 spiro atoms. The van der Waals surface area contributed by atoms with E-state index in [1.807, 2.05) is 51.1 Å². The second-order valence-electron chi connectivity index (χ2n) is 7.45. The van der Waals surface area contributed by atoms with Gasteiger partial charge in [0.25, 0.3) is 5.91 Å². The lowest BCUT2D eigenvalue weighted by atomic mass is 10.1. The molecule has 1 heterocycles. The Labute approximate surface area is 190 Å². The van der Waals surface area contributed by atoms with Crippen molar-refractivity contribution in [2.75, 3.05) is 5.32 Å². The van der Waals surface area contributed by atoms with Gasteiger partial charge in [-0.25, -0.2) is 4.98 Å². The Hall–Kier alpha value is -3.22. The fourth-order valence-electron chi connectivity index (χ4n) is 3.30. The first kappa shape index (κ1) is 21.0. The summed E-state index contributed by atoms with van der Waals surface area (Å²) < 4.78 is 5.91. The van der Waals surface area contributed by atoms with Crippen molar-refractivity contribution in [1.82, 2.24) is 10.3 Å². The number of nitrogens with zero attached hydrogens (tertiary/aromatic N) is 1. The van der Waals surface area contributed by atoms with E-state index >= 15 is 0 Å². The van der Waals surface area contributed by atoms with E-state index in [4.69, 9.17) is 28.2 Å². The molecule has 0 radical (unpaired) electrons. The van der Waals surface area contributed by atoms with Crippen molar-refractivity contribution in [2.24, 2.45) is 0 Å². The van der Waals surface area contributed by atoms with Crippen LogP contribution in [-0.4, -0.2) is 16.0 Å². The summed E-state index contributed by atoms with van der Waals surface area (Å²) in [5.41, 5.74) is 6.63. The Balaban J connectivity index is 1.50. The van der Waals surface area contributed by atoms with E-state index in [1.165, 1.54) is 0 Å². The summed E-state index contributed by atoms with van der Waals surface area (Å²) in [6.45, 7) is 5.96. The minimum Gasteiger partial charge on any atom is -0.436 e. The molecule has 5 nitrogen and oxygen atoms in total. The first-order valence-corrected chi connectivity index (χ1v) is 10.4. The predicted molar refractivity (Wildman–Crippen MR) is 129 cm³/mol. The molecule has 2 N–H and O–H groups in total. The highest BCUT2D eigenvalue weighted by Gasteiger charge is 2.12. The Bertz CT molecular complexity index is 1310. The number of carbonyl (C=O) groups excluding carboxylic acids is 1. The number of oxazole rings is 1. The molecule has 0 unspecified atom stereocenters. The monoisotopic (exact) mass is 449 g/mol. The van der Waals surface area contributed by atoms with Crippen LogP contribution in [0, 0.1) is 20.8 Å². The van der Waals surface area contributed by atoms with Crippen molar-refractivity contribution in [3.63, 3.8) is 0 Å². The third kappa shape index (κ3) is 4.76. The molecule has 0 aliphatic carbocycles. The molecule has 156 valence electrons. The quantitative estimate of drug-likeness (QED) is 0.364. The summed E-state index contributed by atoms with van der Waals surface area (Å²) >= 11 is 11.4. The summed E-state index contributed by atoms with van der Waals surface area (Å²) in [4.78, 5) is 17.0. The van der Waals surface area contributed by atoms with Gasteiger partial charge in [0, 0.05) is 21.8 Å². The number of hydrogen-bond acceptors (Lipinski definition) is 4. The zero-order valence-corrected chi connectivity index (χ0v) is 18.8. The largest absolute Gasteiger partial charge is 0.436 e. The number of rotatable bonds is 3. The maximum absolute atomic E-state index is 12.4. The number of aryl methyl sites for hydroxylation is 3. The number of nitrogens with one attached hydrogen (secondary N) is 2. The average molecular weight is 450 g/mol. The summed E-state index contributed by atoms with van der Waals surface area (Å²) in [6.07, 6.45) is 0. The number of fused-ring (bicyclic) bond motifs is 1. The number of hydrogen-bond donors (Lipinski definition) is 2. The molecule has 0 atom stereocenters. The molecule has 4 aromatic rings. The lowest BCUT2D eigenvalue weighted by Crippen LogP contribution is -2.34. The molecule has 0 fully saturated rings. The van der Waals surface area contributed by atoms with Crippen LogP contribution < -0.4 is 10.6 Å². The average Bonchev–Trinajstić information content (AvgIpc) is 3.12. The van der Waals surface area contributed by atoms with Gasteiger partial charge >= 0.3 is 0 Å². The standard InChI is InChI=1S/C24H20ClN3O2S/c1-13-8-14(2)10-17(9-13)23-27-20-12-18(6-7-21(20)30-23)26-24(31)28-22(29)16-5-4-15(3)19(25)11-16/h4-12H,1-3H3,(H2,26,28,29,31). The molecule has 3 aromatic carbocycles. The van der Waals surface area contributed by atoms with Crippen LogP contribution in [0.3, 0.4) is 0 Å². The first-order valence-electron chi connectivity index (χ1n) is 9.66. The van der Waals surface area contributed by atoms with E-state index in [2.05, 4.69) is 21.7 Å². The number of benzene rings is 3. The van der Waals surface area contributed by atoms with Gasteiger partial charge in [0.2, 0.25) is 5.89 Å². The van der Waals surface area contributed by atoms with Gasteiger partial charge in [-0.15, -0.1) is 0 Å². The molecular formula is C24H20ClN3O2S. The van der Waals surface area contributed by atoms with Crippen LogP contribution in [0.15, 0.2) is 59.0 Å². The molecule has 1 amide bonds. The smallest absolute Gasteiger partial charge is 0.257 e. The van der Waals surface area contributed by atoms with Gasteiger partial charge in [-0.2, -0.15) is 0 Å². The van der Waals surface area contributed by atoms with Gasteiger partial charge in [0.05, 0.1) is 0 Å². The molecule has 0 bridgehead atoms. The number of halogens is 1. The number of aromatic nitrogens is 1. The minimum atomic E-state index is -0.334. The fourth-order valence-corrected chi connectivity index (χ4v) is 3.69. The van der Waals surface area contributed by atoms with Crippen LogP contribution in [0.5, 0.6) is 0 Å². The van der Waals surface area contributed by atoms with Crippen LogP contribution in [0.25, 0.3) is 22.6 Å². The second-order valence-corrected chi connectivity index (χ2v) is 8.27. The highest BCUT2D eigenvalue weighted by molar-refractivity contribution is 7.80. The van der Waals surface area contributed by atoms with E-state index in [-0.39, 0.29) is 11.0 Å². The molecular weight excluding hydrogens is 430 g/mol. The topological polar surface area (TPSA) is 67.2 Å². The van der Waals surface area contributed by atoms with Crippen molar-refractivity contribution >= 4 is 51.6 Å². The minimum absolute atomic E-state index is 0.180. The van der Waals surface area contributed by atoms with Crippen LogP contribution in [0.4, 0.5) is 5.69 Å². The SMILES string of the molecule is Cc1cc(C)cc(-c2nc3cc(NC(=S)NC(=O)c4ccc(C)c(Cl)c4)ccc3o2)c1. The van der Waals surface area contributed by atoms with E-state index in [0.717, 1.165) is 22.3 Å². The van der Waals surface area contributed by atoms with Crippen LogP contribution in [0.2, 0.25) is 5.02 Å². The van der Waals surface area contributed by atoms with Crippen molar-refractivity contribution in [2.45, 2.75) is 20.8 Å². The number of anilines is 1. The van der Waals surface area contributed by atoms with Crippen molar-refractivity contribution in [3.05, 3.63) is 81.9 Å². The predicted octanol–water partition coefficient (Wildman–Crippen LogP) is 6.20. The molecule has 0 aliphatic heterocycles. The van der Waals surface area contributed by atoms with Crippen molar-refractivity contribution < 1.29 is 9.21 Å². The zero-order chi connectivity index (χ0) is 22.1. The Kier molecular flexibility index (Phi) is 5.76. The second kappa shape index (κ2) is 8.49. The van der Waals surface area contributed by atoms with Gasteiger partial charge in [-0.1, -0.05) is 34.9 Å². The maximum atomic E-state index is 12.4. The van der Waals surface area contributed by atoms with E-state index in [9.17, 15) is 4.79 Å². The lowest BCUT2D eigenvalue weighted by Gasteiger charge is -2.10. The molecule has 31 heavy (non-hydrogen) atoms. The Morgan fingerprint density at radius 1 is 1.00 bits per heavy atom. The van der Waals surface area contributed by atoms with Crippen LogP contribution in [-0.2, 0) is 0 Å².